The molecule has 2 aromatic heterocycles. The maximum atomic E-state index is 13.3. The number of rotatable bonds is 3. The average Bonchev–Trinajstić information content (AvgIpc) is 3.13. The second-order valence-electron chi connectivity index (χ2n) is 6.03. The van der Waals surface area contributed by atoms with Crippen LogP contribution in [0.5, 0.6) is 0 Å². The van der Waals surface area contributed by atoms with E-state index in [0.29, 0.717) is 36.7 Å². The summed E-state index contributed by atoms with van der Waals surface area (Å²) in [5.41, 5.74) is 2.21. The zero-order valence-electron chi connectivity index (χ0n) is 13.3. The number of nitrogens with one attached hydrogen (secondary N) is 1. The third-order valence-corrected chi connectivity index (χ3v) is 4.58. The lowest BCUT2D eigenvalue weighted by molar-refractivity contribution is 0.241. The number of hydrogen-bond acceptors (Lipinski definition) is 4. The molecule has 5 nitrogen and oxygen atoms in total. The second kappa shape index (κ2) is 6.46. The minimum atomic E-state index is -0.430. The van der Waals surface area contributed by atoms with Gasteiger partial charge in [0.25, 0.3) is 5.56 Å². The van der Waals surface area contributed by atoms with Crippen LogP contribution < -0.4 is 5.56 Å². The third-order valence-electron chi connectivity index (χ3n) is 4.29. The standard InChI is InChI=1S/C18H15ClFN3O2/c19-13-8-11(3-4-14(13)20)9-23-6-5-15-12(10-23)18(24)22-17(21-15)16-2-1-7-25-16/h1-4,7-8H,5-6,9-10H2,(H,21,22,24). The van der Waals surface area contributed by atoms with Crippen LogP contribution in [0, 0.1) is 5.82 Å². The Morgan fingerprint density at radius 2 is 2.24 bits per heavy atom. The van der Waals surface area contributed by atoms with Gasteiger partial charge in [0.15, 0.2) is 11.6 Å². The third kappa shape index (κ3) is 3.23. The van der Waals surface area contributed by atoms with Crippen molar-refractivity contribution in [1.29, 1.82) is 0 Å². The van der Waals surface area contributed by atoms with Crippen molar-refractivity contribution in [3.05, 3.63) is 74.6 Å². The second-order valence-corrected chi connectivity index (χ2v) is 6.43. The maximum absolute atomic E-state index is 13.3. The highest BCUT2D eigenvalue weighted by Gasteiger charge is 2.22. The van der Waals surface area contributed by atoms with Gasteiger partial charge in [-0.3, -0.25) is 9.69 Å². The summed E-state index contributed by atoms with van der Waals surface area (Å²) in [6.45, 7) is 1.85. The van der Waals surface area contributed by atoms with E-state index < -0.39 is 5.82 Å². The number of halogens is 2. The Morgan fingerprint density at radius 1 is 1.36 bits per heavy atom. The number of aromatic amines is 1. The molecule has 0 bridgehead atoms. The Labute approximate surface area is 148 Å². The topological polar surface area (TPSA) is 62.1 Å². The molecule has 0 spiro atoms. The van der Waals surface area contributed by atoms with Gasteiger partial charge < -0.3 is 9.40 Å². The van der Waals surface area contributed by atoms with E-state index in [9.17, 15) is 9.18 Å². The molecule has 1 N–H and O–H groups in total. The van der Waals surface area contributed by atoms with Crippen LogP contribution in [0.15, 0.2) is 45.8 Å². The lowest BCUT2D eigenvalue weighted by Crippen LogP contribution is -2.35. The molecule has 1 aliphatic heterocycles. The van der Waals surface area contributed by atoms with Gasteiger partial charge in [0.2, 0.25) is 0 Å². The van der Waals surface area contributed by atoms with Crippen molar-refractivity contribution in [1.82, 2.24) is 14.9 Å². The quantitative estimate of drug-likeness (QED) is 0.778. The van der Waals surface area contributed by atoms with Crippen molar-refractivity contribution in [2.75, 3.05) is 6.54 Å². The molecule has 0 unspecified atom stereocenters. The lowest BCUT2D eigenvalue weighted by atomic mass is 10.1. The Balaban J connectivity index is 1.57. The first-order chi connectivity index (χ1) is 12.1. The molecular formula is C18H15ClFN3O2. The van der Waals surface area contributed by atoms with E-state index in [4.69, 9.17) is 16.0 Å². The van der Waals surface area contributed by atoms with Crippen LogP contribution in [0.25, 0.3) is 11.6 Å². The summed E-state index contributed by atoms with van der Waals surface area (Å²) < 4.78 is 18.6. The molecule has 3 aromatic rings. The normalized spacial score (nSPS) is 14.5. The first-order valence-electron chi connectivity index (χ1n) is 7.92. The highest BCUT2D eigenvalue weighted by atomic mass is 35.5. The van der Waals surface area contributed by atoms with Crippen LogP contribution in [0.3, 0.4) is 0 Å². The number of hydrogen-bond donors (Lipinski definition) is 1. The van der Waals surface area contributed by atoms with Crippen LogP contribution in [0.1, 0.15) is 16.8 Å². The zero-order chi connectivity index (χ0) is 17.4. The number of benzene rings is 1. The summed E-state index contributed by atoms with van der Waals surface area (Å²) in [5.74, 6) is 0.566. The molecule has 128 valence electrons. The first-order valence-corrected chi connectivity index (χ1v) is 8.30. The number of aromatic nitrogens is 2. The van der Waals surface area contributed by atoms with Crippen LogP contribution >= 0.6 is 11.6 Å². The molecule has 1 aliphatic rings. The Morgan fingerprint density at radius 3 is 3.00 bits per heavy atom. The Bertz CT molecular complexity index is 969. The fourth-order valence-corrected chi connectivity index (χ4v) is 3.25. The predicted octanol–water partition coefficient (Wildman–Crippen LogP) is 3.38. The van der Waals surface area contributed by atoms with E-state index in [-0.39, 0.29) is 10.6 Å². The van der Waals surface area contributed by atoms with Gasteiger partial charge in [0.1, 0.15) is 5.82 Å². The maximum Gasteiger partial charge on any atom is 0.256 e. The van der Waals surface area contributed by atoms with Crippen molar-refractivity contribution >= 4 is 11.6 Å². The van der Waals surface area contributed by atoms with E-state index >= 15 is 0 Å². The molecule has 4 rings (SSSR count). The molecule has 0 saturated carbocycles. The number of H-pyrrole nitrogens is 1. The Hall–Kier alpha value is -2.44. The van der Waals surface area contributed by atoms with Crippen molar-refractivity contribution in [2.24, 2.45) is 0 Å². The lowest BCUT2D eigenvalue weighted by Gasteiger charge is -2.27. The molecule has 25 heavy (non-hydrogen) atoms. The van der Waals surface area contributed by atoms with E-state index in [1.807, 2.05) is 0 Å². The van der Waals surface area contributed by atoms with E-state index in [1.165, 1.54) is 6.07 Å². The summed E-state index contributed by atoms with van der Waals surface area (Å²) in [7, 11) is 0. The van der Waals surface area contributed by atoms with Crippen molar-refractivity contribution in [3.63, 3.8) is 0 Å². The van der Waals surface area contributed by atoms with Gasteiger partial charge in [-0.2, -0.15) is 0 Å². The summed E-state index contributed by atoms with van der Waals surface area (Å²) in [5, 5.41) is 0.109. The largest absolute Gasteiger partial charge is 0.461 e. The van der Waals surface area contributed by atoms with Gasteiger partial charge in [-0.25, -0.2) is 9.37 Å². The predicted molar refractivity (Wildman–Crippen MR) is 91.8 cm³/mol. The van der Waals surface area contributed by atoms with E-state index in [1.54, 1.807) is 30.5 Å². The monoisotopic (exact) mass is 359 g/mol. The van der Waals surface area contributed by atoms with Crippen LogP contribution in [0.2, 0.25) is 5.02 Å². The molecule has 1 aromatic carbocycles. The number of fused-ring (bicyclic) bond motifs is 1. The first kappa shape index (κ1) is 16.1. The fourth-order valence-electron chi connectivity index (χ4n) is 3.04. The number of nitrogens with zero attached hydrogens (tertiary/aromatic N) is 2. The van der Waals surface area contributed by atoms with Gasteiger partial charge in [-0.05, 0) is 29.8 Å². The molecule has 7 heteroatoms. The molecule has 0 radical (unpaired) electrons. The molecule has 0 fully saturated rings. The molecular weight excluding hydrogens is 345 g/mol. The zero-order valence-corrected chi connectivity index (χ0v) is 14.0. The van der Waals surface area contributed by atoms with Crippen molar-refractivity contribution in [3.8, 4) is 11.6 Å². The van der Waals surface area contributed by atoms with Gasteiger partial charge in [0.05, 0.1) is 22.5 Å². The smallest absolute Gasteiger partial charge is 0.256 e. The van der Waals surface area contributed by atoms with Crippen molar-refractivity contribution < 1.29 is 8.81 Å². The molecule has 3 heterocycles. The van der Waals surface area contributed by atoms with E-state index in [0.717, 1.165) is 17.8 Å². The highest BCUT2D eigenvalue weighted by molar-refractivity contribution is 6.30. The fraction of sp³-hybridized carbons (Fsp3) is 0.222. The average molecular weight is 360 g/mol. The highest BCUT2D eigenvalue weighted by Crippen LogP contribution is 2.22. The Kier molecular flexibility index (Phi) is 4.15. The minimum Gasteiger partial charge on any atom is -0.461 e. The van der Waals surface area contributed by atoms with Crippen molar-refractivity contribution in [2.45, 2.75) is 19.5 Å². The molecule has 0 saturated heterocycles. The van der Waals surface area contributed by atoms with Gasteiger partial charge in [-0.15, -0.1) is 0 Å². The van der Waals surface area contributed by atoms with Gasteiger partial charge in [0, 0.05) is 26.1 Å². The summed E-state index contributed by atoms with van der Waals surface area (Å²) in [6, 6.07) is 8.20. The molecule has 0 aliphatic carbocycles. The molecule has 0 amide bonds. The van der Waals surface area contributed by atoms with Crippen LogP contribution in [0.4, 0.5) is 4.39 Å². The van der Waals surface area contributed by atoms with Crippen LogP contribution in [-0.2, 0) is 19.5 Å². The van der Waals surface area contributed by atoms with Gasteiger partial charge in [-0.1, -0.05) is 17.7 Å². The summed E-state index contributed by atoms with van der Waals surface area (Å²) in [4.78, 5) is 21.9. The molecule has 0 atom stereocenters. The minimum absolute atomic E-state index is 0.109. The van der Waals surface area contributed by atoms with Crippen LogP contribution in [-0.4, -0.2) is 21.4 Å². The summed E-state index contributed by atoms with van der Waals surface area (Å²) in [6.07, 6.45) is 2.21. The number of furan rings is 1. The SMILES string of the molecule is O=c1[nH]c(-c2ccco2)nc2c1CN(Cc1ccc(F)c(Cl)c1)CC2. The summed E-state index contributed by atoms with van der Waals surface area (Å²) >= 11 is 5.84. The van der Waals surface area contributed by atoms with E-state index in [2.05, 4.69) is 14.9 Å². The van der Waals surface area contributed by atoms with Gasteiger partial charge >= 0.3 is 0 Å².